The second-order valence-corrected chi connectivity index (χ2v) is 7.37. The zero-order chi connectivity index (χ0) is 17.9. The highest BCUT2D eigenvalue weighted by Crippen LogP contribution is 2.37. The molecule has 2 atom stereocenters. The number of nitrogens with one attached hydrogen (secondary N) is 1. The summed E-state index contributed by atoms with van der Waals surface area (Å²) < 4.78 is 11.0. The summed E-state index contributed by atoms with van der Waals surface area (Å²) in [5.41, 5.74) is 3.12. The molecule has 0 amide bonds. The number of aliphatic hydroxyl groups is 1. The summed E-state index contributed by atoms with van der Waals surface area (Å²) in [6, 6.07) is 8.54. The first-order valence-electron chi connectivity index (χ1n) is 8.99. The Morgan fingerprint density at radius 2 is 2.08 bits per heavy atom. The second-order valence-electron chi connectivity index (χ2n) is 7.37. The van der Waals surface area contributed by atoms with Crippen LogP contribution in [0.1, 0.15) is 48.8 Å². The van der Waals surface area contributed by atoms with E-state index in [0.29, 0.717) is 12.6 Å². The zero-order valence-corrected chi connectivity index (χ0v) is 15.3. The minimum absolute atomic E-state index is 0.0113. The lowest BCUT2D eigenvalue weighted by Crippen LogP contribution is -2.41. The van der Waals surface area contributed by atoms with Gasteiger partial charge in [0.25, 0.3) is 0 Å². The number of hydrogen-bond donors (Lipinski definition) is 2. The minimum atomic E-state index is 0.0113. The first-order valence-corrected chi connectivity index (χ1v) is 8.99. The molecule has 0 radical (unpaired) electrons. The van der Waals surface area contributed by atoms with Crippen LogP contribution in [0.5, 0.6) is 5.75 Å². The van der Waals surface area contributed by atoms with Gasteiger partial charge in [-0.25, -0.2) is 0 Å². The predicted molar refractivity (Wildman–Crippen MR) is 96.4 cm³/mol. The molecule has 2 unspecified atom stereocenters. The molecule has 0 saturated heterocycles. The average molecular weight is 344 g/mol. The van der Waals surface area contributed by atoms with Crippen molar-refractivity contribution in [1.82, 2.24) is 10.5 Å². The lowest BCUT2D eigenvalue weighted by molar-refractivity contribution is 0.118. The number of aliphatic hydroxyl groups excluding tert-OH is 1. The van der Waals surface area contributed by atoms with Crippen molar-refractivity contribution in [1.29, 1.82) is 0 Å². The van der Waals surface area contributed by atoms with Gasteiger partial charge in [0.2, 0.25) is 0 Å². The molecule has 1 aliphatic rings. The molecule has 25 heavy (non-hydrogen) atoms. The Hall–Kier alpha value is -1.85. The lowest BCUT2D eigenvalue weighted by Gasteiger charge is -2.30. The Morgan fingerprint density at radius 1 is 1.32 bits per heavy atom. The molecule has 1 aromatic carbocycles. The molecule has 5 heteroatoms. The molecule has 2 N–H and O–H groups in total. The number of benzene rings is 1. The maximum Gasteiger partial charge on any atom is 0.140 e. The molecule has 0 aliphatic heterocycles. The SMILES string of the molecule is Cc1noc(C)c1COc1ccc(CNC2CCCC2(C)CO)cc1. The van der Waals surface area contributed by atoms with E-state index in [1.165, 1.54) is 12.0 Å². The summed E-state index contributed by atoms with van der Waals surface area (Å²) in [5, 5.41) is 17.2. The predicted octanol–water partition coefficient (Wildman–Crippen LogP) is 3.51. The van der Waals surface area contributed by atoms with Gasteiger partial charge in [-0.05, 0) is 44.4 Å². The van der Waals surface area contributed by atoms with Crippen LogP contribution in [-0.2, 0) is 13.2 Å². The minimum Gasteiger partial charge on any atom is -0.489 e. The third kappa shape index (κ3) is 4.05. The number of ether oxygens (including phenoxy) is 1. The molecule has 1 saturated carbocycles. The molecule has 3 rings (SSSR count). The third-order valence-corrected chi connectivity index (χ3v) is 5.48. The van der Waals surface area contributed by atoms with E-state index in [1.807, 2.05) is 26.0 Å². The van der Waals surface area contributed by atoms with Crippen LogP contribution in [0.3, 0.4) is 0 Å². The van der Waals surface area contributed by atoms with Crippen LogP contribution in [-0.4, -0.2) is 22.9 Å². The van der Waals surface area contributed by atoms with Gasteiger partial charge in [0.15, 0.2) is 0 Å². The first kappa shape index (κ1) is 18.0. The van der Waals surface area contributed by atoms with Crippen molar-refractivity contribution in [2.75, 3.05) is 6.61 Å². The highest BCUT2D eigenvalue weighted by molar-refractivity contribution is 5.28. The second kappa shape index (κ2) is 7.58. The maximum atomic E-state index is 9.64. The zero-order valence-electron chi connectivity index (χ0n) is 15.3. The van der Waals surface area contributed by atoms with Crippen LogP contribution < -0.4 is 10.1 Å². The smallest absolute Gasteiger partial charge is 0.140 e. The fourth-order valence-electron chi connectivity index (χ4n) is 3.58. The molecule has 2 aromatic rings. The van der Waals surface area contributed by atoms with Crippen LogP contribution in [0.2, 0.25) is 0 Å². The monoisotopic (exact) mass is 344 g/mol. The fourth-order valence-corrected chi connectivity index (χ4v) is 3.58. The lowest BCUT2D eigenvalue weighted by atomic mass is 9.86. The molecule has 136 valence electrons. The normalized spacial score (nSPS) is 23.1. The molecule has 0 bridgehead atoms. The molecule has 1 aromatic heterocycles. The largest absolute Gasteiger partial charge is 0.489 e. The first-order chi connectivity index (χ1) is 12.0. The highest BCUT2D eigenvalue weighted by atomic mass is 16.5. The summed E-state index contributed by atoms with van der Waals surface area (Å²) in [6.07, 6.45) is 3.41. The third-order valence-electron chi connectivity index (χ3n) is 5.48. The van der Waals surface area contributed by atoms with E-state index in [0.717, 1.165) is 42.2 Å². The van der Waals surface area contributed by atoms with Crippen LogP contribution in [0.25, 0.3) is 0 Å². The van der Waals surface area contributed by atoms with E-state index in [-0.39, 0.29) is 12.0 Å². The van der Waals surface area contributed by atoms with Crippen LogP contribution in [0, 0.1) is 19.3 Å². The van der Waals surface area contributed by atoms with Gasteiger partial charge in [0.1, 0.15) is 18.1 Å². The van der Waals surface area contributed by atoms with Crippen LogP contribution >= 0.6 is 0 Å². The molecule has 1 fully saturated rings. The van der Waals surface area contributed by atoms with E-state index in [4.69, 9.17) is 9.26 Å². The van der Waals surface area contributed by atoms with Gasteiger partial charge in [0.05, 0.1) is 11.3 Å². The summed E-state index contributed by atoms with van der Waals surface area (Å²) in [4.78, 5) is 0. The van der Waals surface area contributed by atoms with E-state index >= 15 is 0 Å². The van der Waals surface area contributed by atoms with E-state index in [1.54, 1.807) is 0 Å². The Labute approximate surface area is 149 Å². The number of nitrogens with zero attached hydrogens (tertiary/aromatic N) is 1. The van der Waals surface area contributed by atoms with Crippen molar-refractivity contribution in [3.05, 3.63) is 46.8 Å². The van der Waals surface area contributed by atoms with Gasteiger partial charge in [-0.15, -0.1) is 0 Å². The van der Waals surface area contributed by atoms with Crippen molar-refractivity contribution in [3.8, 4) is 5.75 Å². The van der Waals surface area contributed by atoms with Crippen molar-refractivity contribution < 1.29 is 14.4 Å². The topological polar surface area (TPSA) is 67.5 Å². The number of hydrogen-bond acceptors (Lipinski definition) is 5. The number of aryl methyl sites for hydroxylation is 2. The van der Waals surface area contributed by atoms with Gasteiger partial charge in [-0.3, -0.25) is 0 Å². The molecule has 0 spiro atoms. The molecular weight excluding hydrogens is 316 g/mol. The van der Waals surface area contributed by atoms with Crippen molar-refractivity contribution in [2.45, 2.75) is 59.2 Å². The van der Waals surface area contributed by atoms with Crippen molar-refractivity contribution in [3.63, 3.8) is 0 Å². The van der Waals surface area contributed by atoms with Gasteiger partial charge < -0.3 is 19.7 Å². The quantitative estimate of drug-likeness (QED) is 0.804. The van der Waals surface area contributed by atoms with Gasteiger partial charge in [-0.1, -0.05) is 30.6 Å². The van der Waals surface area contributed by atoms with Gasteiger partial charge in [-0.2, -0.15) is 0 Å². The maximum absolute atomic E-state index is 9.64. The summed E-state index contributed by atoms with van der Waals surface area (Å²) in [5.74, 6) is 1.65. The van der Waals surface area contributed by atoms with Gasteiger partial charge in [0, 0.05) is 24.6 Å². The van der Waals surface area contributed by atoms with Crippen molar-refractivity contribution in [2.24, 2.45) is 5.41 Å². The Balaban J connectivity index is 1.52. The Bertz CT molecular complexity index is 676. The Kier molecular flexibility index (Phi) is 5.45. The van der Waals surface area contributed by atoms with Gasteiger partial charge >= 0.3 is 0 Å². The Morgan fingerprint density at radius 3 is 2.72 bits per heavy atom. The highest BCUT2D eigenvalue weighted by Gasteiger charge is 2.37. The van der Waals surface area contributed by atoms with E-state index < -0.39 is 0 Å². The van der Waals surface area contributed by atoms with E-state index in [2.05, 4.69) is 29.5 Å². The van der Waals surface area contributed by atoms with E-state index in [9.17, 15) is 5.11 Å². The van der Waals surface area contributed by atoms with Crippen LogP contribution in [0.15, 0.2) is 28.8 Å². The summed E-state index contributed by atoms with van der Waals surface area (Å²) >= 11 is 0. The molecule has 1 aliphatic carbocycles. The summed E-state index contributed by atoms with van der Waals surface area (Å²) in [7, 11) is 0. The number of aromatic nitrogens is 1. The fraction of sp³-hybridized carbons (Fsp3) is 0.550. The summed E-state index contributed by atoms with van der Waals surface area (Å²) in [6.45, 7) is 7.52. The van der Waals surface area contributed by atoms with Crippen molar-refractivity contribution >= 4 is 0 Å². The average Bonchev–Trinajstić information content (AvgIpc) is 3.15. The number of rotatable bonds is 7. The standard InChI is InChI=1S/C20H28N2O3/c1-14-18(15(2)25-22-14)12-24-17-8-6-16(7-9-17)11-21-19-5-4-10-20(19,3)13-23/h6-9,19,21,23H,4-5,10-13H2,1-3H3. The molecule has 5 nitrogen and oxygen atoms in total. The molecular formula is C20H28N2O3. The molecule has 1 heterocycles. The van der Waals surface area contributed by atoms with Crippen LogP contribution in [0.4, 0.5) is 0 Å².